The first-order chi connectivity index (χ1) is 7.71. The van der Waals surface area contributed by atoms with Crippen LogP contribution in [-0.4, -0.2) is 20.2 Å². The van der Waals surface area contributed by atoms with Crippen LogP contribution in [0.1, 0.15) is 17.5 Å². The SMILES string of the molecule is COc1ccc(C)cc1CCC(CN)CN. The standard InChI is InChI=1S/C13H22N2O/c1-10-3-6-13(16-2)12(7-10)5-4-11(8-14)9-15/h3,6-7,11H,4-5,8-9,14-15H2,1-2H3. The number of rotatable bonds is 6. The van der Waals surface area contributed by atoms with Crippen molar-refractivity contribution in [2.75, 3.05) is 20.2 Å². The molecule has 0 saturated carbocycles. The molecule has 0 aliphatic carbocycles. The highest BCUT2D eigenvalue weighted by Crippen LogP contribution is 2.22. The molecule has 0 aliphatic rings. The molecule has 0 amide bonds. The smallest absolute Gasteiger partial charge is 0.122 e. The lowest BCUT2D eigenvalue weighted by molar-refractivity contribution is 0.406. The summed E-state index contributed by atoms with van der Waals surface area (Å²) in [7, 11) is 1.71. The number of hydrogen-bond acceptors (Lipinski definition) is 3. The van der Waals surface area contributed by atoms with Gasteiger partial charge in [0.05, 0.1) is 7.11 Å². The molecule has 0 radical (unpaired) electrons. The van der Waals surface area contributed by atoms with Gasteiger partial charge in [-0.15, -0.1) is 0 Å². The minimum atomic E-state index is 0.408. The molecule has 1 rings (SSSR count). The van der Waals surface area contributed by atoms with E-state index in [1.165, 1.54) is 11.1 Å². The second-order valence-electron chi connectivity index (χ2n) is 4.19. The van der Waals surface area contributed by atoms with E-state index in [0.29, 0.717) is 19.0 Å². The molecule has 1 aromatic carbocycles. The maximum atomic E-state index is 5.64. The highest BCUT2D eigenvalue weighted by Gasteiger charge is 2.08. The van der Waals surface area contributed by atoms with E-state index < -0.39 is 0 Å². The molecule has 0 heterocycles. The first-order valence-corrected chi connectivity index (χ1v) is 5.75. The summed E-state index contributed by atoms with van der Waals surface area (Å²) in [6.07, 6.45) is 2.00. The zero-order chi connectivity index (χ0) is 12.0. The second-order valence-corrected chi connectivity index (χ2v) is 4.19. The molecular weight excluding hydrogens is 200 g/mol. The van der Waals surface area contributed by atoms with Gasteiger partial charge in [-0.05, 0) is 50.4 Å². The largest absolute Gasteiger partial charge is 0.496 e. The first kappa shape index (κ1) is 13.0. The van der Waals surface area contributed by atoms with Gasteiger partial charge in [0.15, 0.2) is 0 Å². The van der Waals surface area contributed by atoms with Crippen molar-refractivity contribution >= 4 is 0 Å². The van der Waals surface area contributed by atoms with Crippen molar-refractivity contribution in [3.63, 3.8) is 0 Å². The molecule has 3 heteroatoms. The summed E-state index contributed by atoms with van der Waals surface area (Å²) in [6.45, 7) is 3.40. The molecule has 0 bridgehead atoms. The number of aryl methyl sites for hydroxylation is 2. The Morgan fingerprint density at radius 1 is 1.25 bits per heavy atom. The summed E-state index contributed by atoms with van der Waals surface area (Å²) in [5, 5.41) is 0. The van der Waals surface area contributed by atoms with Gasteiger partial charge in [0.1, 0.15) is 5.75 Å². The molecule has 0 aliphatic heterocycles. The van der Waals surface area contributed by atoms with E-state index in [9.17, 15) is 0 Å². The molecule has 0 aromatic heterocycles. The van der Waals surface area contributed by atoms with Crippen LogP contribution in [0.2, 0.25) is 0 Å². The Kier molecular flexibility index (Phi) is 5.29. The van der Waals surface area contributed by atoms with Crippen molar-refractivity contribution in [1.82, 2.24) is 0 Å². The zero-order valence-corrected chi connectivity index (χ0v) is 10.2. The molecule has 0 unspecified atom stereocenters. The molecule has 90 valence electrons. The molecule has 3 nitrogen and oxygen atoms in total. The average molecular weight is 222 g/mol. The number of methoxy groups -OCH3 is 1. The minimum Gasteiger partial charge on any atom is -0.496 e. The fraction of sp³-hybridized carbons (Fsp3) is 0.538. The molecule has 4 N–H and O–H groups in total. The van der Waals surface area contributed by atoms with Gasteiger partial charge in [-0.25, -0.2) is 0 Å². The summed E-state index contributed by atoms with van der Waals surface area (Å²) >= 11 is 0. The van der Waals surface area contributed by atoms with E-state index >= 15 is 0 Å². The topological polar surface area (TPSA) is 61.3 Å². The van der Waals surface area contributed by atoms with Crippen molar-refractivity contribution < 1.29 is 4.74 Å². The summed E-state index contributed by atoms with van der Waals surface area (Å²) in [5.41, 5.74) is 13.8. The lowest BCUT2D eigenvalue weighted by atomic mass is 9.98. The second kappa shape index (κ2) is 6.51. The van der Waals surface area contributed by atoms with E-state index in [2.05, 4.69) is 19.1 Å². The highest BCUT2D eigenvalue weighted by molar-refractivity contribution is 5.36. The first-order valence-electron chi connectivity index (χ1n) is 5.75. The van der Waals surface area contributed by atoms with Crippen LogP contribution in [0.4, 0.5) is 0 Å². The van der Waals surface area contributed by atoms with Gasteiger partial charge < -0.3 is 16.2 Å². The van der Waals surface area contributed by atoms with Crippen LogP contribution in [0.15, 0.2) is 18.2 Å². The summed E-state index contributed by atoms with van der Waals surface area (Å²) < 4.78 is 5.34. The molecule has 1 aromatic rings. The van der Waals surface area contributed by atoms with Gasteiger partial charge in [0, 0.05) is 0 Å². The lowest BCUT2D eigenvalue weighted by Gasteiger charge is -2.14. The van der Waals surface area contributed by atoms with Crippen molar-refractivity contribution in [2.45, 2.75) is 19.8 Å². The van der Waals surface area contributed by atoms with Gasteiger partial charge in [-0.1, -0.05) is 17.7 Å². The Bertz CT molecular complexity index is 322. The van der Waals surface area contributed by atoms with Crippen molar-refractivity contribution in [2.24, 2.45) is 17.4 Å². The fourth-order valence-electron chi connectivity index (χ4n) is 1.79. The van der Waals surface area contributed by atoms with Crippen molar-refractivity contribution in [3.05, 3.63) is 29.3 Å². The maximum absolute atomic E-state index is 5.64. The summed E-state index contributed by atoms with van der Waals surface area (Å²) in [6, 6.07) is 6.25. The lowest BCUT2D eigenvalue weighted by Crippen LogP contribution is -2.23. The predicted octanol–water partition coefficient (Wildman–Crippen LogP) is 1.47. The van der Waals surface area contributed by atoms with Crippen LogP contribution in [-0.2, 0) is 6.42 Å². The van der Waals surface area contributed by atoms with Crippen LogP contribution < -0.4 is 16.2 Å². The van der Waals surface area contributed by atoms with E-state index in [4.69, 9.17) is 16.2 Å². The third kappa shape index (κ3) is 3.51. The van der Waals surface area contributed by atoms with Gasteiger partial charge >= 0.3 is 0 Å². The zero-order valence-electron chi connectivity index (χ0n) is 10.2. The van der Waals surface area contributed by atoms with Crippen LogP contribution in [0.3, 0.4) is 0 Å². The van der Waals surface area contributed by atoms with Crippen LogP contribution in [0.25, 0.3) is 0 Å². The fourth-order valence-corrected chi connectivity index (χ4v) is 1.79. The van der Waals surface area contributed by atoms with E-state index in [-0.39, 0.29) is 0 Å². The Balaban J connectivity index is 2.68. The third-order valence-corrected chi connectivity index (χ3v) is 2.92. The number of benzene rings is 1. The number of nitrogens with two attached hydrogens (primary N) is 2. The molecule has 0 fully saturated rings. The Morgan fingerprint density at radius 3 is 2.50 bits per heavy atom. The van der Waals surface area contributed by atoms with Crippen LogP contribution in [0, 0.1) is 12.8 Å². The Labute approximate surface area is 97.8 Å². The van der Waals surface area contributed by atoms with Crippen LogP contribution >= 0.6 is 0 Å². The van der Waals surface area contributed by atoms with Gasteiger partial charge in [0.25, 0.3) is 0 Å². The molecule has 0 spiro atoms. The minimum absolute atomic E-state index is 0.408. The average Bonchev–Trinajstić information content (AvgIpc) is 2.30. The third-order valence-electron chi connectivity index (χ3n) is 2.92. The monoisotopic (exact) mass is 222 g/mol. The van der Waals surface area contributed by atoms with Gasteiger partial charge in [-0.3, -0.25) is 0 Å². The predicted molar refractivity (Wildman–Crippen MR) is 67.7 cm³/mol. The van der Waals surface area contributed by atoms with Crippen LogP contribution in [0.5, 0.6) is 5.75 Å². The number of hydrogen-bond donors (Lipinski definition) is 2. The molecule has 0 atom stereocenters. The quantitative estimate of drug-likeness (QED) is 0.766. The number of ether oxygens (including phenoxy) is 1. The Morgan fingerprint density at radius 2 is 1.94 bits per heavy atom. The molecular formula is C13H22N2O. The van der Waals surface area contributed by atoms with E-state index in [1.54, 1.807) is 7.11 Å². The normalized spacial score (nSPS) is 10.8. The molecule has 16 heavy (non-hydrogen) atoms. The highest BCUT2D eigenvalue weighted by atomic mass is 16.5. The van der Waals surface area contributed by atoms with Gasteiger partial charge in [-0.2, -0.15) is 0 Å². The van der Waals surface area contributed by atoms with Crippen molar-refractivity contribution in [3.8, 4) is 5.75 Å². The molecule has 0 saturated heterocycles. The van der Waals surface area contributed by atoms with Crippen molar-refractivity contribution in [1.29, 1.82) is 0 Å². The Hall–Kier alpha value is -1.06. The van der Waals surface area contributed by atoms with Gasteiger partial charge in [0.2, 0.25) is 0 Å². The summed E-state index contributed by atoms with van der Waals surface area (Å²) in [5.74, 6) is 1.36. The summed E-state index contributed by atoms with van der Waals surface area (Å²) in [4.78, 5) is 0. The van der Waals surface area contributed by atoms with E-state index in [1.807, 2.05) is 6.07 Å². The van der Waals surface area contributed by atoms with E-state index in [0.717, 1.165) is 18.6 Å². The maximum Gasteiger partial charge on any atom is 0.122 e.